The molecule has 0 aliphatic rings. The Hall–Kier alpha value is -4.27. The van der Waals surface area contributed by atoms with Crippen LogP contribution in [0.2, 0.25) is 0 Å². The van der Waals surface area contributed by atoms with E-state index in [1.165, 1.54) is 15.3 Å². The summed E-state index contributed by atoms with van der Waals surface area (Å²) in [6.45, 7) is 1.96. The summed E-state index contributed by atoms with van der Waals surface area (Å²) in [5, 5.41) is 8.84. The molecule has 0 amide bonds. The molecule has 0 spiro atoms. The van der Waals surface area contributed by atoms with Crippen molar-refractivity contribution in [2.75, 3.05) is 0 Å². The average Bonchev–Trinajstić information content (AvgIpc) is 3.14. The predicted octanol–water partition coefficient (Wildman–Crippen LogP) is 5.00. The van der Waals surface area contributed by atoms with Gasteiger partial charge in [-0.25, -0.2) is 9.48 Å². The maximum atomic E-state index is 13.0. The number of benzene rings is 2. The van der Waals surface area contributed by atoms with E-state index in [-0.39, 0.29) is 6.54 Å². The summed E-state index contributed by atoms with van der Waals surface area (Å²) in [4.78, 5) is 16.5. The van der Waals surface area contributed by atoms with Crippen molar-refractivity contribution in [1.82, 2.24) is 24.4 Å². The Labute approximate surface area is 191 Å². The number of nitrogens with zero attached hydrogens (tertiary/aromatic N) is 5. The molecule has 5 aromatic rings. The smallest absolute Gasteiger partial charge is 0.251 e. The molecule has 9 heteroatoms. The van der Waals surface area contributed by atoms with Gasteiger partial charge in [0.25, 0.3) is 0 Å². The number of hydrogen-bond donors (Lipinski definition) is 0. The van der Waals surface area contributed by atoms with Gasteiger partial charge in [-0.2, -0.15) is 22.8 Å². The van der Waals surface area contributed by atoms with Gasteiger partial charge in [0, 0.05) is 17.3 Å². The molecule has 0 aliphatic carbocycles. The second kappa shape index (κ2) is 8.26. The second-order valence-corrected chi connectivity index (χ2v) is 7.89. The van der Waals surface area contributed by atoms with Gasteiger partial charge in [-0.3, -0.25) is 4.98 Å². The predicted molar refractivity (Wildman–Crippen MR) is 121 cm³/mol. The zero-order valence-corrected chi connectivity index (χ0v) is 18.0. The molecule has 0 bridgehead atoms. The third kappa shape index (κ3) is 3.96. The molecule has 0 fully saturated rings. The van der Waals surface area contributed by atoms with E-state index in [0.717, 1.165) is 40.1 Å². The zero-order chi connectivity index (χ0) is 23.9. The number of aromatic nitrogens is 5. The van der Waals surface area contributed by atoms with Crippen LogP contribution < -0.4 is 5.69 Å². The maximum Gasteiger partial charge on any atom is 0.433 e. The van der Waals surface area contributed by atoms with Gasteiger partial charge in [0.15, 0.2) is 5.65 Å². The van der Waals surface area contributed by atoms with Gasteiger partial charge in [0.2, 0.25) is 0 Å². The van der Waals surface area contributed by atoms with E-state index in [2.05, 4.69) is 15.2 Å². The van der Waals surface area contributed by atoms with Gasteiger partial charge in [-0.1, -0.05) is 66.2 Å². The number of alkyl halides is 3. The van der Waals surface area contributed by atoms with Crippen LogP contribution in [-0.4, -0.2) is 24.4 Å². The lowest BCUT2D eigenvalue weighted by Crippen LogP contribution is -2.23. The maximum absolute atomic E-state index is 13.0. The molecule has 0 saturated heterocycles. The van der Waals surface area contributed by atoms with Gasteiger partial charge >= 0.3 is 11.9 Å². The van der Waals surface area contributed by atoms with Gasteiger partial charge in [-0.15, -0.1) is 5.10 Å². The van der Waals surface area contributed by atoms with Crippen LogP contribution in [0.1, 0.15) is 16.8 Å². The van der Waals surface area contributed by atoms with Crippen molar-refractivity contribution in [3.63, 3.8) is 0 Å². The largest absolute Gasteiger partial charge is 0.433 e. The molecule has 5 rings (SSSR count). The molecule has 0 saturated carbocycles. The lowest BCUT2D eigenvalue weighted by atomic mass is 9.96. The molecule has 0 atom stereocenters. The molecular weight excluding hydrogens is 443 g/mol. The first-order chi connectivity index (χ1) is 16.3. The Morgan fingerprint density at radius 3 is 2.26 bits per heavy atom. The molecule has 0 N–H and O–H groups in total. The van der Waals surface area contributed by atoms with Gasteiger partial charge < -0.3 is 0 Å². The van der Waals surface area contributed by atoms with Crippen molar-refractivity contribution in [1.29, 1.82) is 0 Å². The highest BCUT2D eigenvalue weighted by Gasteiger charge is 2.32. The van der Waals surface area contributed by atoms with E-state index in [1.54, 1.807) is 6.20 Å². The summed E-state index contributed by atoms with van der Waals surface area (Å²) in [5.41, 5.74) is 3.73. The first-order valence-electron chi connectivity index (χ1n) is 10.4. The van der Waals surface area contributed by atoms with Gasteiger partial charge in [0.1, 0.15) is 5.69 Å². The topological polar surface area (TPSA) is 65.1 Å². The fraction of sp³-hybridized carbons (Fsp3) is 0.120. The fourth-order valence-electron chi connectivity index (χ4n) is 3.76. The summed E-state index contributed by atoms with van der Waals surface area (Å²) in [5.74, 6) is 0. The Balaban J connectivity index is 1.65. The van der Waals surface area contributed by atoms with E-state index >= 15 is 0 Å². The Kier molecular flexibility index (Phi) is 5.24. The minimum absolute atomic E-state index is 0.0403. The fourth-order valence-corrected chi connectivity index (χ4v) is 3.76. The number of halogens is 3. The van der Waals surface area contributed by atoms with Crippen molar-refractivity contribution in [3.05, 3.63) is 106 Å². The molecule has 3 aromatic heterocycles. The van der Waals surface area contributed by atoms with E-state index in [1.807, 2.05) is 61.5 Å². The first-order valence-corrected chi connectivity index (χ1v) is 10.4. The van der Waals surface area contributed by atoms with E-state index in [4.69, 9.17) is 0 Å². The van der Waals surface area contributed by atoms with Crippen molar-refractivity contribution in [2.45, 2.75) is 19.6 Å². The molecule has 0 aliphatic heterocycles. The van der Waals surface area contributed by atoms with Crippen LogP contribution in [0.25, 0.3) is 27.9 Å². The molecule has 0 unspecified atom stereocenters. The van der Waals surface area contributed by atoms with E-state index in [0.29, 0.717) is 11.2 Å². The molecule has 34 heavy (non-hydrogen) atoms. The van der Waals surface area contributed by atoms with Crippen LogP contribution in [0.5, 0.6) is 0 Å². The van der Waals surface area contributed by atoms with Gasteiger partial charge in [0.05, 0.1) is 12.7 Å². The minimum atomic E-state index is -4.53. The quantitative estimate of drug-likeness (QED) is 0.378. The first kappa shape index (κ1) is 21.6. The number of fused-ring (bicyclic) bond motifs is 1. The zero-order valence-electron chi connectivity index (χ0n) is 18.0. The van der Waals surface area contributed by atoms with E-state index < -0.39 is 17.6 Å². The molecule has 6 nitrogen and oxygen atoms in total. The number of hydrogen-bond acceptors (Lipinski definition) is 4. The summed E-state index contributed by atoms with van der Waals surface area (Å²) < 4.78 is 40.8. The Morgan fingerprint density at radius 1 is 0.882 bits per heavy atom. The lowest BCUT2D eigenvalue weighted by molar-refractivity contribution is -0.141. The number of aryl methyl sites for hydroxylation is 1. The summed E-state index contributed by atoms with van der Waals surface area (Å²) in [7, 11) is 0. The molecule has 2 aromatic carbocycles. The van der Waals surface area contributed by atoms with Crippen LogP contribution >= 0.6 is 0 Å². The van der Waals surface area contributed by atoms with Gasteiger partial charge in [-0.05, 0) is 29.7 Å². The number of pyridine rings is 1. The summed E-state index contributed by atoms with van der Waals surface area (Å²) in [6.07, 6.45) is -1.80. The van der Waals surface area contributed by atoms with Crippen LogP contribution in [0.15, 0.2) is 83.9 Å². The highest BCUT2D eigenvalue weighted by Crippen LogP contribution is 2.34. The van der Waals surface area contributed by atoms with Crippen LogP contribution in [-0.2, 0) is 12.7 Å². The average molecular weight is 461 g/mol. The van der Waals surface area contributed by atoms with Crippen molar-refractivity contribution in [2.24, 2.45) is 0 Å². The molecule has 3 heterocycles. The monoisotopic (exact) mass is 461 g/mol. The normalized spacial score (nSPS) is 11.8. The highest BCUT2D eigenvalue weighted by molar-refractivity contribution is 5.91. The SMILES string of the molecule is Cc1ccc(-c2cnn3c(=O)n(Cc4ccc(C(F)(F)F)nc4)nc3c2-c2ccccc2)cc1. The Bertz CT molecular complexity index is 1520. The molecule has 0 radical (unpaired) electrons. The third-order valence-electron chi connectivity index (χ3n) is 5.49. The summed E-state index contributed by atoms with van der Waals surface area (Å²) >= 11 is 0. The summed E-state index contributed by atoms with van der Waals surface area (Å²) in [6, 6.07) is 19.7. The van der Waals surface area contributed by atoms with Crippen LogP contribution in [0.4, 0.5) is 13.2 Å². The second-order valence-electron chi connectivity index (χ2n) is 7.89. The lowest BCUT2D eigenvalue weighted by Gasteiger charge is -2.10. The highest BCUT2D eigenvalue weighted by atomic mass is 19.4. The minimum Gasteiger partial charge on any atom is -0.251 e. The van der Waals surface area contributed by atoms with E-state index in [9.17, 15) is 18.0 Å². The van der Waals surface area contributed by atoms with Crippen molar-refractivity contribution >= 4 is 5.65 Å². The van der Waals surface area contributed by atoms with Crippen LogP contribution in [0.3, 0.4) is 0 Å². The number of rotatable bonds is 4. The molecule has 170 valence electrons. The standard InChI is InChI=1S/C25H18F3N5O/c1-16-7-10-18(11-8-16)20-14-30-33-23(22(20)19-5-3-2-4-6-19)31-32(24(33)34)15-17-9-12-21(29-13-17)25(26,27)28/h2-14H,15H2,1H3. The van der Waals surface area contributed by atoms with Crippen LogP contribution in [0, 0.1) is 6.92 Å². The third-order valence-corrected chi connectivity index (χ3v) is 5.49. The Morgan fingerprint density at radius 2 is 1.62 bits per heavy atom. The van der Waals surface area contributed by atoms with Crippen molar-refractivity contribution in [3.8, 4) is 22.3 Å². The van der Waals surface area contributed by atoms with Crippen molar-refractivity contribution < 1.29 is 13.2 Å². The molecular formula is C25H18F3N5O.